The third-order valence-electron chi connectivity index (χ3n) is 5.28. The number of aliphatic hydroxyl groups excluding tert-OH is 1. The number of ether oxygens (including phenoxy) is 3. The highest BCUT2D eigenvalue weighted by Crippen LogP contribution is 2.36. The zero-order valence-electron chi connectivity index (χ0n) is 17.5. The summed E-state index contributed by atoms with van der Waals surface area (Å²) in [6.07, 6.45) is 7.46. The molecule has 1 aliphatic heterocycles. The van der Waals surface area contributed by atoms with Gasteiger partial charge >= 0.3 is 0 Å². The second-order valence-corrected chi connectivity index (χ2v) is 7.78. The van der Waals surface area contributed by atoms with Crippen LogP contribution in [-0.4, -0.2) is 47.0 Å². The molecule has 0 amide bonds. The molecule has 1 fully saturated rings. The molecule has 3 aromatic rings. The maximum atomic E-state index is 9.44. The Morgan fingerprint density at radius 3 is 2.84 bits per heavy atom. The SMILES string of the molecule is COCOc1cc(-c2cnn(C3CCCCO3)c2)ccc1-c1ccc(Cl)nc1CCO. The summed E-state index contributed by atoms with van der Waals surface area (Å²) < 4.78 is 18.7. The minimum Gasteiger partial charge on any atom is -0.467 e. The molecule has 1 aliphatic rings. The van der Waals surface area contributed by atoms with Crippen LogP contribution in [0, 0.1) is 0 Å². The number of benzene rings is 1. The van der Waals surface area contributed by atoms with Gasteiger partial charge in [0, 0.05) is 49.6 Å². The minimum absolute atomic E-state index is 0.00725. The summed E-state index contributed by atoms with van der Waals surface area (Å²) in [4.78, 5) is 4.39. The summed E-state index contributed by atoms with van der Waals surface area (Å²) in [6, 6.07) is 9.61. The van der Waals surface area contributed by atoms with Crippen LogP contribution in [0.5, 0.6) is 5.75 Å². The number of pyridine rings is 1. The van der Waals surface area contributed by atoms with Crippen LogP contribution in [0.1, 0.15) is 31.2 Å². The van der Waals surface area contributed by atoms with Gasteiger partial charge in [0.15, 0.2) is 6.79 Å². The minimum atomic E-state index is -0.0187. The molecule has 1 atom stereocenters. The van der Waals surface area contributed by atoms with Gasteiger partial charge in [-0.05, 0) is 49.1 Å². The number of aliphatic hydroxyl groups is 1. The van der Waals surface area contributed by atoms with Crippen LogP contribution in [0.3, 0.4) is 0 Å². The number of nitrogens with zero attached hydrogens (tertiary/aromatic N) is 3. The zero-order valence-corrected chi connectivity index (χ0v) is 18.2. The molecule has 2 aromatic heterocycles. The Bertz CT molecular complexity index is 1020. The van der Waals surface area contributed by atoms with Gasteiger partial charge in [-0.2, -0.15) is 5.10 Å². The molecule has 1 unspecified atom stereocenters. The molecule has 0 spiro atoms. The van der Waals surface area contributed by atoms with Gasteiger partial charge in [-0.1, -0.05) is 17.7 Å². The number of halogens is 1. The maximum Gasteiger partial charge on any atom is 0.188 e. The Balaban J connectivity index is 1.69. The molecule has 0 radical (unpaired) electrons. The van der Waals surface area contributed by atoms with Crippen molar-refractivity contribution in [3.63, 3.8) is 0 Å². The van der Waals surface area contributed by atoms with Gasteiger partial charge in [-0.15, -0.1) is 0 Å². The van der Waals surface area contributed by atoms with Crippen molar-refractivity contribution < 1.29 is 19.3 Å². The van der Waals surface area contributed by atoms with Crippen LogP contribution >= 0.6 is 11.6 Å². The Labute approximate surface area is 186 Å². The second-order valence-electron chi connectivity index (χ2n) is 7.39. The first-order valence-electron chi connectivity index (χ1n) is 10.4. The van der Waals surface area contributed by atoms with Gasteiger partial charge in [0.25, 0.3) is 0 Å². The van der Waals surface area contributed by atoms with E-state index in [4.69, 9.17) is 25.8 Å². The van der Waals surface area contributed by atoms with E-state index in [0.29, 0.717) is 23.0 Å². The monoisotopic (exact) mass is 443 g/mol. The fourth-order valence-electron chi connectivity index (χ4n) is 3.76. The van der Waals surface area contributed by atoms with Crippen molar-refractivity contribution in [3.8, 4) is 28.0 Å². The number of hydrogen-bond donors (Lipinski definition) is 1. The topological polar surface area (TPSA) is 78.6 Å². The third kappa shape index (κ3) is 5.07. The lowest BCUT2D eigenvalue weighted by Gasteiger charge is -2.22. The molecule has 4 rings (SSSR count). The van der Waals surface area contributed by atoms with Crippen molar-refractivity contribution in [1.82, 2.24) is 14.8 Å². The van der Waals surface area contributed by atoms with E-state index in [1.165, 1.54) is 0 Å². The summed E-state index contributed by atoms with van der Waals surface area (Å²) in [5, 5.41) is 14.3. The molecule has 164 valence electrons. The van der Waals surface area contributed by atoms with Gasteiger partial charge in [0.05, 0.1) is 11.9 Å². The quantitative estimate of drug-likeness (QED) is 0.408. The van der Waals surface area contributed by atoms with Crippen LogP contribution in [0.15, 0.2) is 42.7 Å². The molecule has 3 heterocycles. The fraction of sp³-hybridized carbons (Fsp3) is 0.391. The van der Waals surface area contributed by atoms with E-state index >= 15 is 0 Å². The van der Waals surface area contributed by atoms with E-state index in [1.807, 2.05) is 41.3 Å². The molecule has 0 bridgehead atoms. The average molecular weight is 444 g/mol. The Kier molecular flexibility index (Phi) is 7.19. The van der Waals surface area contributed by atoms with E-state index < -0.39 is 0 Å². The van der Waals surface area contributed by atoms with Gasteiger partial charge in [0.2, 0.25) is 0 Å². The first kappa shape index (κ1) is 21.8. The Hall–Kier alpha value is -2.45. The lowest BCUT2D eigenvalue weighted by atomic mass is 9.98. The fourth-order valence-corrected chi connectivity index (χ4v) is 3.92. The molecule has 1 saturated heterocycles. The van der Waals surface area contributed by atoms with E-state index in [9.17, 15) is 5.11 Å². The van der Waals surface area contributed by atoms with Crippen molar-refractivity contribution in [3.05, 3.63) is 53.6 Å². The normalized spacial score (nSPS) is 16.4. The van der Waals surface area contributed by atoms with E-state index in [-0.39, 0.29) is 19.6 Å². The highest BCUT2D eigenvalue weighted by Gasteiger charge is 2.18. The van der Waals surface area contributed by atoms with Crippen LogP contribution in [-0.2, 0) is 15.9 Å². The van der Waals surface area contributed by atoms with Crippen molar-refractivity contribution in [2.45, 2.75) is 31.9 Å². The zero-order chi connectivity index (χ0) is 21.6. The van der Waals surface area contributed by atoms with E-state index in [0.717, 1.165) is 48.1 Å². The third-order valence-corrected chi connectivity index (χ3v) is 5.49. The predicted octanol–water partition coefficient (Wildman–Crippen LogP) is 4.48. The first-order chi connectivity index (χ1) is 15.2. The molecule has 0 aliphatic carbocycles. The summed E-state index contributed by atoms with van der Waals surface area (Å²) in [6.45, 7) is 0.867. The van der Waals surface area contributed by atoms with Gasteiger partial charge in [-0.25, -0.2) is 9.67 Å². The van der Waals surface area contributed by atoms with Crippen LogP contribution in [0.25, 0.3) is 22.3 Å². The van der Waals surface area contributed by atoms with Crippen LogP contribution in [0.2, 0.25) is 5.15 Å². The molecule has 8 heteroatoms. The summed E-state index contributed by atoms with van der Waals surface area (Å²) in [5.74, 6) is 0.657. The van der Waals surface area contributed by atoms with Crippen molar-refractivity contribution in [2.24, 2.45) is 0 Å². The van der Waals surface area contributed by atoms with Gasteiger partial charge < -0.3 is 19.3 Å². The summed E-state index contributed by atoms with van der Waals surface area (Å²) in [7, 11) is 1.58. The van der Waals surface area contributed by atoms with E-state index in [2.05, 4.69) is 10.1 Å². The smallest absolute Gasteiger partial charge is 0.188 e. The molecule has 7 nitrogen and oxygen atoms in total. The molecule has 1 aromatic carbocycles. The van der Waals surface area contributed by atoms with E-state index in [1.54, 1.807) is 13.2 Å². The summed E-state index contributed by atoms with van der Waals surface area (Å²) in [5.41, 5.74) is 4.39. The highest BCUT2D eigenvalue weighted by atomic mass is 35.5. The molecule has 1 N–H and O–H groups in total. The number of hydrogen-bond acceptors (Lipinski definition) is 6. The second kappa shape index (κ2) is 10.2. The van der Waals surface area contributed by atoms with Gasteiger partial charge in [-0.3, -0.25) is 0 Å². The Morgan fingerprint density at radius 2 is 2.06 bits per heavy atom. The van der Waals surface area contributed by atoms with Crippen LogP contribution in [0.4, 0.5) is 0 Å². The molecule has 31 heavy (non-hydrogen) atoms. The van der Waals surface area contributed by atoms with Crippen LogP contribution < -0.4 is 4.74 Å². The van der Waals surface area contributed by atoms with Crippen molar-refractivity contribution in [2.75, 3.05) is 27.1 Å². The molecular weight excluding hydrogens is 418 g/mol. The lowest BCUT2D eigenvalue weighted by Crippen LogP contribution is -2.18. The van der Waals surface area contributed by atoms with Crippen molar-refractivity contribution >= 4 is 11.6 Å². The highest BCUT2D eigenvalue weighted by molar-refractivity contribution is 6.29. The number of rotatable bonds is 8. The maximum absolute atomic E-state index is 9.44. The van der Waals surface area contributed by atoms with Crippen molar-refractivity contribution in [1.29, 1.82) is 0 Å². The predicted molar refractivity (Wildman–Crippen MR) is 118 cm³/mol. The Morgan fingerprint density at radius 1 is 1.19 bits per heavy atom. The average Bonchev–Trinajstić information content (AvgIpc) is 3.29. The van der Waals surface area contributed by atoms with Gasteiger partial charge in [0.1, 0.15) is 17.1 Å². The molecule has 0 saturated carbocycles. The number of aromatic nitrogens is 3. The standard InChI is InChI=1S/C23H26ClN3O4/c1-29-15-31-21-12-16(17-13-25-27(14-17)23-4-2-3-11-30-23)5-6-19(21)18-7-8-22(24)26-20(18)9-10-28/h5-8,12-14,23,28H,2-4,9-11,15H2,1H3. The first-order valence-corrected chi connectivity index (χ1v) is 10.8. The summed E-state index contributed by atoms with van der Waals surface area (Å²) >= 11 is 6.07. The largest absolute Gasteiger partial charge is 0.467 e. The lowest BCUT2D eigenvalue weighted by molar-refractivity contribution is -0.0394. The number of methoxy groups -OCH3 is 1. The molecular formula is C23H26ClN3O4.